The number of hydrogen-bond acceptors (Lipinski definition) is 3. The number of ether oxygens (including phenoxy) is 1. The monoisotopic (exact) mass is 320 g/mol. The normalized spacial score (nSPS) is 19.4. The van der Waals surface area contributed by atoms with Crippen LogP contribution in [0.4, 0.5) is 0 Å². The number of benzene rings is 2. The second-order valence-electron chi connectivity index (χ2n) is 6.54. The Morgan fingerprint density at radius 1 is 0.917 bits per heavy atom. The third-order valence-corrected chi connectivity index (χ3v) is 4.65. The van der Waals surface area contributed by atoms with Crippen LogP contribution in [0, 0.1) is 0 Å². The van der Waals surface area contributed by atoms with Gasteiger partial charge in [0.2, 0.25) is 0 Å². The van der Waals surface area contributed by atoms with Gasteiger partial charge in [-0.3, -0.25) is 0 Å². The average Bonchev–Trinajstić information content (AvgIpc) is 2.62. The molecule has 0 bridgehead atoms. The van der Waals surface area contributed by atoms with Crippen LogP contribution in [0.25, 0.3) is 0 Å². The van der Waals surface area contributed by atoms with Gasteiger partial charge < -0.3 is 16.2 Å². The van der Waals surface area contributed by atoms with Gasteiger partial charge in [0.25, 0.3) is 0 Å². The lowest BCUT2D eigenvalue weighted by molar-refractivity contribution is 0.0254. The van der Waals surface area contributed by atoms with Crippen LogP contribution in [-0.4, -0.2) is 18.4 Å². The van der Waals surface area contributed by atoms with Crippen LogP contribution < -0.4 is 11.5 Å². The topological polar surface area (TPSA) is 61.3 Å². The van der Waals surface area contributed by atoms with Gasteiger partial charge in [-0.1, -0.05) is 78.9 Å². The summed E-state index contributed by atoms with van der Waals surface area (Å²) in [5.74, 6) is 0. The Bertz CT molecular complexity index is 681. The Hall–Kier alpha value is -2.20. The molecule has 2 aromatic rings. The summed E-state index contributed by atoms with van der Waals surface area (Å²) in [7, 11) is 0. The third-order valence-electron chi connectivity index (χ3n) is 4.65. The number of hydrogen-bond donors (Lipinski definition) is 2. The van der Waals surface area contributed by atoms with E-state index in [0.717, 1.165) is 0 Å². The van der Waals surface area contributed by atoms with Gasteiger partial charge in [-0.25, -0.2) is 0 Å². The van der Waals surface area contributed by atoms with Gasteiger partial charge in [-0.15, -0.1) is 0 Å². The van der Waals surface area contributed by atoms with Gasteiger partial charge in [0.1, 0.15) is 11.8 Å². The molecule has 0 heterocycles. The molecule has 3 rings (SSSR count). The van der Waals surface area contributed by atoms with Gasteiger partial charge in [-0.05, 0) is 24.1 Å². The molecule has 0 aromatic heterocycles. The Labute approximate surface area is 143 Å². The highest BCUT2D eigenvalue weighted by Crippen LogP contribution is 2.33. The third kappa shape index (κ3) is 3.34. The molecule has 1 unspecified atom stereocenters. The molecule has 0 saturated heterocycles. The Balaban J connectivity index is 1.89. The summed E-state index contributed by atoms with van der Waals surface area (Å²) in [5, 5.41) is 0. The van der Waals surface area contributed by atoms with E-state index >= 15 is 0 Å². The van der Waals surface area contributed by atoms with E-state index in [2.05, 4.69) is 55.5 Å². The summed E-state index contributed by atoms with van der Waals surface area (Å²) in [6, 6.07) is 20.8. The van der Waals surface area contributed by atoms with Crippen molar-refractivity contribution in [2.24, 2.45) is 11.5 Å². The van der Waals surface area contributed by atoms with Crippen LogP contribution in [0.2, 0.25) is 0 Å². The molecule has 24 heavy (non-hydrogen) atoms. The molecular formula is C21H24N2O. The van der Waals surface area contributed by atoms with Crippen LogP contribution in [0.15, 0.2) is 85.0 Å². The van der Waals surface area contributed by atoms with E-state index in [-0.39, 0.29) is 11.5 Å². The van der Waals surface area contributed by atoms with Crippen LogP contribution in [0.5, 0.6) is 0 Å². The SMILES string of the molecule is CC(COC1C=CC=CC1(N)N)(c1ccccc1)c1ccccc1. The minimum Gasteiger partial charge on any atom is -0.369 e. The lowest BCUT2D eigenvalue weighted by Crippen LogP contribution is -2.58. The largest absolute Gasteiger partial charge is 0.369 e. The maximum absolute atomic E-state index is 6.18. The molecule has 1 aliphatic carbocycles. The molecule has 4 N–H and O–H groups in total. The molecule has 3 nitrogen and oxygen atoms in total. The van der Waals surface area contributed by atoms with E-state index in [4.69, 9.17) is 16.2 Å². The first-order valence-corrected chi connectivity index (χ1v) is 8.19. The Morgan fingerprint density at radius 3 is 1.96 bits per heavy atom. The smallest absolute Gasteiger partial charge is 0.114 e. The van der Waals surface area contributed by atoms with Crippen LogP contribution in [0.1, 0.15) is 18.1 Å². The zero-order valence-electron chi connectivity index (χ0n) is 13.9. The lowest BCUT2D eigenvalue weighted by atomic mass is 9.77. The van der Waals surface area contributed by atoms with Crippen LogP contribution in [0.3, 0.4) is 0 Å². The first-order chi connectivity index (χ1) is 11.5. The number of allylic oxidation sites excluding steroid dienone is 2. The molecule has 124 valence electrons. The summed E-state index contributed by atoms with van der Waals surface area (Å²) in [6.45, 7) is 2.68. The first-order valence-electron chi connectivity index (χ1n) is 8.19. The standard InChI is InChI=1S/C21H24N2O/c1-20(17-10-4-2-5-11-17,18-12-6-3-7-13-18)16-24-19-14-8-9-15-21(19,22)23/h2-15,19H,16,22-23H2,1H3. The van der Waals surface area contributed by atoms with Crippen molar-refractivity contribution in [1.82, 2.24) is 0 Å². The van der Waals surface area contributed by atoms with Gasteiger partial charge in [0, 0.05) is 5.41 Å². The van der Waals surface area contributed by atoms with E-state index in [1.807, 2.05) is 30.4 Å². The fourth-order valence-electron chi connectivity index (χ4n) is 3.05. The highest BCUT2D eigenvalue weighted by atomic mass is 16.5. The van der Waals surface area contributed by atoms with Crippen molar-refractivity contribution in [2.45, 2.75) is 24.1 Å². The number of nitrogens with two attached hydrogens (primary N) is 2. The zero-order chi connectivity index (χ0) is 17.0. The molecule has 0 aliphatic heterocycles. The van der Waals surface area contributed by atoms with E-state index in [1.165, 1.54) is 11.1 Å². The summed E-state index contributed by atoms with van der Waals surface area (Å²) < 4.78 is 6.18. The van der Waals surface area contributed by atoms with Crippen molar-refractivity contribution in [1.29, 1.82) is 0 Å². The Kier molecular flexibility index (Phi) is 4.67. The molecule has 3 heteroatoms. The fraction of sp³-hybridized carbons (Fsp3) is 0.238. The van der Waals surface area contributed by atoms with E-state index in [0.29, 0.717) is 6.61 Å². The first kappa shape index (κ1) is 16.7. The molecule has 1 atom stereocenters. The maximum Gasteiger partial charge on any atom is 0.114 e. The minimum atomic E-state index is -0.983. The van der Waals surface area contributed by atoms with Gasteiger partial charge in [0.05, 0.1) is 6.61 Å². The molecule has 0 saturated carbocycles. The molecule has 2 aromatic carbocycles. The fourth-order valence-corrected chi connectivity index (χ4v) is 3.05. The molecular weight excluding hydrogens is 296 g/mol. The van der Waals surface area contributed by atoms with Crippen molar-refractivity contribution in [3.8, 4) is 0 Å². The van der Waals surface area contributed by atoms with Crippen molar-refractivity contribution < 1.29 is 4.74 Å². The van der Waals surface area contributed by atoms with Crippen molar-refractivity contribution in [2.75, 3.05) is 6.61 Å². The summed E-state index contributed by atoms with van der Waals surface area (Å²) in [5.41, 5.74) is 13.4. The van der Waals surface area contributed by atoms with Crippen LogP contribution in [-0.2, 0) is 10.2 Å². The number of rotatable bonds is 5. The van der Waals surface area contributed by atoms with Gasteiger partial charge in [-0.2, -0.15) is 0 Å². The summed E-state index contributed by atoms with van der Waals surface area (Å²) in [4.78, 5) is 0. The van der Waals surface area contributed by atoms with Gasteiger partial charge in [0.15, 0.2) is 0 Å². The quantitative estimate of drug-likeness (QED) is 0.832. The minimum absolute atomic E-state index is 0.284. The predicted octanol–water partition coefficient (Wildman–Crippen LogP) is 3.12. The Morgan fingerprint density at radius 2 is 1.46 bits per heavy atom. The predicted molar refractivity (Wildman–Crippen MR) is 98.5 cm³/mol. The highest BCUT2D eigenvalue weighted by molar-refractivity contribution is 5.38. The maximum atomic E-state index is 6.18. The average molecular weight is 320 g/mol. The molecule has 0 fully saturated rings. The van der Waals surface area contributed by atoms with Crippen molar-refractivity contribution >= 4 is 0 Å². The lowest BCUT2D eigenvalue weighted by Gasteiger charge is -2.36. The van der Waals surface area contributed by atoms with E-state index in [9.17, 15) is 0 Å². The zero-order valence-corrected chi connectivity index (χ0v) is 13.9. The summed E-state index contributed by atoms with van der Waals surface area (Å²) >= 11 is 0. The van der Waals surface area contributed by atoms with E-state index < -0.39 is 5.66 Å². The van der Waals surface area contributed by atoms with Crippen LogP contribution >= 0.6 is 0 Å². The summed E-state index contributed by atoms with van der Waals surface area (Å²) in [6.07, 6.45) is 7.11. The highest BCUT2D eigenvalue weighted by Gasteiger charge is 2.34. The van der Waals surface area contributed by atoms with Crippen molar-refractivity contribution in [3.05, 3.63) is 96.1 Å². The van der Waals surface area contributed by atoms with Crippen molar-refractivity contribution in [3.63, 3.8) is 0 Å². The second-order valence-corrected chi connectivity index (χ2v) is 6.54. The molecule has 0 spiro atoms. The molecule has 1 aliphatic rings. The molecule has 0 amide bonds. The second kappa shape index (κ2) is 6.73. The van der Waals surface area contributed by atoms with E-state index in [1.54, 1.807) is 6.08 Å². The molecule has 0 radical (unpaired) electrons. The van der Waals surface area contributed by atoms with Gasteiger partial charge >= 0.3 is 0 Å².